The fourth-order valence-electron chi connectivity index (χ4n) is 1.65. The van der Waals surface area contributed by atoms with Gasteiger partial charge in [0.25, 0.3) is 5.89 Å². The predicted octanol–water partition coefficient (Wildman–Crippen LogP) is 2.05. The molecule has 2 aromatic rings. The van der Waals surface area contributed by atoms with Crippen LogP contribution in [0.1, 0.15) is 16.2 Å². The Morgan fingerprint density at radius 1 is 1.43 bits per heavy atom. The van der Waals surface area contributed by atoms with Crippen LogP contribution in [0.3, 0.4) is 0 Å². The summed E-state index contributed by atoms with van der Waals surface area (Å²) in [4.78, 5) is 21.8. The van der Waals surface area contributed by atoms with Crippen LogP contribution >= 0.6 is 0 Å². The lowest BCUT2D eigenvalue weighted by molar-refractivity contribution is 0.101. The van der Waals surface area contributed by atoms with Crippen LogP contribution in [0.15, 0.2) is 41.3 Å². The quantitative estimate of drug-likeness (QED) is 0.573. The zero-order chi connectivity index (χ0) is 15.1. The molecule has 0 fully saturated rings. The highest BCUT2D eigenvalue weighted by Gasteiger charge is 2.06. The molecule has 0 radical (unpaired) electrons. The van der Waals surface area contributed by atoms with Crippen LogP contribution in [0.4, 0.5) is 5.82 Å². The van der Waals surface area contributed by atoms with E-state index in [0.29, 0.717) is 6.61 Å². The van der Waals surface area contributed by atoms with E-state index in [-0.39, 0.29) is 11.7 Å². The molecule has 0 amide bonds. The number of anilines is 1. The van der Waals surface area contributed by atoms with E-state index in [1.807, 2.05) is 24.1 Å². The highest BCUT2D eigenvalue weighted by atomic mass is 16.5. The number of hydrogen-bond acceptors (Lipinski definition) is 6. The molecular formula is C15H17N3O3. The van der Waals surface area contributed by atoms with E-state index in [1.165, 1.54) is 18.5 Å². The van der Waals surface area contributed by atoms with Crippen molar-refractivity contribution in [1.29, 1.82) is 0 Å². The number of likely N-dealkylation sites (N-methyl/N-ethyl adjacent to an activating group) is 1. The predicted molar refractivity (Wildman–Crippen MR) is 79.3 cm³/mol. The van der Waals surface area contributed by atoms with Gasteiger partial charge in [-0.1, -0.05) is 0 Å². The third-order valence-corrected chi connectivity index (χ3v) is 2.86. The summed E-state index contributed by atoms with van der Waals surface area (Å²) in [5.74, 6) is 0.652. The van der Waals surface area contributed by atoms with Crippen LogP contribution in [0, 0.1) is 0 Å². The van der Waals surface area contributed by atoms with Crippen LogP contribution in [0.25, 0.3) is 6.08 Å². The van der Waals surface area contributed by atoms with Crippen LogP contribution in [0.5, 0.6) is 0 Å². The van der Waals surface area contributed by atoms with Crippen molar-refractivity contribution in [3.05, 3.63) is 48.3 Å². The Morgan fingerprint density at radius 2 is 2.29 bits per heavy atom. The molecule has 0 unspecified atom stereocenters. The lowest BCUT2D eigenvalue weighted by atomic mass is 10.2. The summed E-state index contributed by atoms with van der Waals surface area (Å²) in [6.07, 6.45) is 7.61. The van der Waals surface area contributed by atoms with Gasteiger partial charge < -0.3 is 14.1 Å². The molecule has 0 bridgehead atoms. The van der Waals surface area contributed by atoms with Crippen molar-refractivity contribution in [3.8, 4) is 0 Å². The normalized spacial score (nSPS) is 11.0. The number of pyridine rings is 1. The maximum absolute atomic E-state index is 11.7. The van der Waals surface area contributed by atoms with E-state index >= 15 is 0 Å². The van der Waals surface area contributed by atoms with Crippen LogP contribution in [0.2, 0.25) is 0 Å². The molecule has 21 heavy (non-hydrogen) atoms. The average Bonchev–Trinajstić information content (AvgIpc) is 3.05. The molecule has 6 nitrogen and oxygen atoms in total. The minimum atomic E-state index is -0.277. The Hall–Kier alpha value is -2.47. The summed E-state index contributed by atoms with van der Waals surface area (Å²) in [7, 11) is 3.61. The van der Waals surface area contributed by atoms with Crippen molar-refractivity contribution in [2.75, 3.05) is 32.2 Å². The number of ether oxygens (including phenoxy) is 1. The van der Waals surface area contributed by atoms with Gasteiger partial charge in [-0.25, -0.2) is 9.97 Å². The third-order valence-electron chi connectivity index (χ3n) is 2.86. The maximum atomic E-state index is 11.7. The van der Waals surface area contributed by atoms with Crippen LogP contribution in [-0.4, -0.2) is 43.1 Å². The van der Waals surface area contributed by atoms with Gasteiger partial charge in [-0.2, -0.15) is 0 Å². The van der Waals surface area contributed by atoms with Gasteiger partial charge in [-0.15, -0.1) is 0 Å². The molecule has 2 aromatic heterocycles. The molecular weight excluding hydrogens is 270 g/mol. The molecule has 0 aromatic carbocycles. The fraction of sp³-hybridized carbons (Fsp3) is 0.267. The van der Waals surface area contributed by atoms with E-state index in [2.05, 4.69) is 9.97 Å². The zero-order valence-corrected chi connectivity index (χ0v) is 12.0. The molecule has 0 spiro atoms. The molecule has 0 saturated carbocycles. The van der Waals surface area contributed by atoms with E-state index in [4.69, 9.17) is 9.15 Å². The molecule has 0 atom stereocenters. The first-order valence-corrected chi connectivity index (χ1v) is 6.48. The van der Waals surface area contributed by atoms with Crippen molar-refractivity contribution in [2.45, 2.75) is 0 Å². The summed E-state index contributed by atoms with van der Waals surface area (Å²) in [6.45, 7) is 1.41. The molecule has 0 aliphatic heterocycles. The number of rotatable bonds is 7. The van der Waals surface area contributed by atoms with Gasteiger partial charge in [0.2, 0.25) is 5.78 Å². The minimum Gasteiger partial charge on any atom is -0.442 e. The zero-order valence-electron chi connectivity index (χ0n) is 12.0. The molecule has 2 rings (SSSR count). The van der Waals surface area contributed by atoms with E-state index < -0.39 is 0 Å². The van der Waals surface area contributed by atoms with Gasteiger partial charge in [-0.05, 0) is 29.8 Å². The van der Waals surface area contributed by atoms with Crippen molar-refractivity contribution in [2.24, 2.45) is 0 Å². The van der Waals surface area contributed by atoms with Gasteiger partial charge in [0.1, 0.15) is 12.1 Å². The number of methoxy groups -OCH3 is 1. The summed E-state index contributed by atoms with van der Waals surface area (Å²) in [5.41, 5.74) is 0.832. The second kappa shape index (κ2) is 7.35. The lowest BCUT2D eigenvalue weighted by Crippen LogP contribution is -2.22. The van der Waals surface area contributed by atoms with Gasteiger partial charge in [0.15, 0.2) is 0 Å². The molecule has 0 saturated heterocycles. The Morgan fingerprint density at radius 3 is 2.90 bits per heavy atom. The SMILES string of the molecule is COCCN(C)c1ccc(/C=C/C(=O)c2ncco2)cn1. The van der Waals surface area contributed by atoms with E-state index in [9.17, 15) is 4.79 Å². The molecule has 0 N–H and O–H groups in total. The first kappa shape index (κ1) is 14.9. The number of aromatic nitrogens is 2. The summed E-state index contributed by atoms with van der Waals surface area (Å²) in [6, 6.07) is 3.79. The molecule has 0 aliphatic carbocycles. The monoisotopic (exact) mass is 287 g/mol. The smallest absolute Gasteiger partial charge is 0.267 e. The maximum Gasteiger partial charge on any atom is 0.267 e. The number of oxazole rings is 1. The molecule has 2 heterocycles. The van der Waals surface area contributed by atoms with E-state index in [1.54, 1.807) is 19.4 Å². The summed E-state index contributed by atoms with van der Waals surface area (Å²) in [5, 5.41) is 0. The van der Waals surface area contributed by atoms with Crippen molar-refractivity contribution in [3.63, 3.8) is 0 Å². The largest absolute Gasteiger partial charge is 0.442 e. The standard InChI is InChI=1S/C15H17N3O3/c1-18(8-10-20-2)14-6-4-12(11-17-14)3-5-13(19)15-16-7-9-21-15/h3-7,9,11H,8,10H2,1-2H3/b5-3+. The lowest BCUT2D eigenvalue weighted by Gasteiger charge is -2.17. The summed E-state index contributed by atoms with van der Waals surface area (Å²) < 4.78 is 9.95. The first-order chi connectivity index (χ1) is 10.2. The van der Waals surface area contributed by atoms with Gasteiger partial charge >= 0.3 is 0 Å². The number of ketones is 1. The summed E-state index contributed by atoms with van der Waals surface area (Å²) >= 11 is 0. The third kappa shape index (κ3) is 4.25. The topological polar surface area (TPSA) is 68.5 Å². The van der Waals surface area contributed by atoms with Gasteiger partial charge in [0.05, 0.1) is 12.8 Å². The Labute approximate surface area is 123 Å². The fourth-order valence-corrected chi connectivity index (χ4v) is 1.65. The number of carbonyl (C=O) groups excluding carboxylic acids is 1. The van der Waals surface area contributed by atoms with Gasteiger partial charge in [-0.3, -0.25) is 4.79 Å². The number of hydrogen-bond donors (Lipinski definition) is 0. The van der Waals surface area contributed by atoms with Crippen molar-refractivity contribution in [1.82, 2.24) is 9.97 Å². The second-order valence-electron chi connectivity index (χ2n) is 4.40. The number of nitrogens with zero attached hydrogens (tertiary/aromatic N) is 3. The average molecular weight is 287 g/mol. The van der Waals surface area contributed by atoms with E-state index in [0.717, 1.165) is 17.9 Å². The first-order valence-electron chi connectivity index (χ1n) is 6.48. The Bertz CT molecular complexity index is 591. The van der Waals surface area contributed by atoms with Crippen molar-refractivity contribution < 1.29 is 13.9 Å². The number of carbonyl (C=O) groups is 1. The van der Waals surface area contributed by atoms with Crippen LogP contribution in [-0.2, 0) is 4.74 Å². The second-order valence-corrected chi connectivity index (χ2v) is 4.40. The van der Waals surface area contributed by atoms with Crippen molar-refractivity contribution >= 4 is 17.7 Å². The highest BCUT2D eigenvalue weighted by molar-refractivity contribution is 6.03. The highest BCUT2D eigenvalue weighted by Crippen LogP contribution is 2.11. The Kier molecular flexibility index (Phi) is 5.22. The van der Waals surface area contributed by atoms with Crippen LogP contribution < -0.4 is 4.90 Å². The molecule has 0 aliphatic rings. The molecule has 110 valence electrons. The van der Waals surface area contributed by atoms with Gasteiger partial charge in [0, 0.05) is 26.9 Å². The number of allylic oxidation sites excluding steroid dienone is 1. The minimum absolute atomic E-state index is 0.0788. The Balaban J connectivity index is 1.97. The molecule has 6 heteroatoms.